The molecule has 0 aromatic heterocycles. The van der Waals surface area contributed by atoms with Crippen molar-refractivity contribution in [2.75, 3.05) is 6.54 Å². The summed E-state index contributed by atoms with van der Waals surface area (Å²) in [7, 11) is 0. The molecule has 0 aliphatic carbocycles. The Morgan fingerprint density at radius 3 is 1.74 bits per heavy atom. The number of hydrogen-bond donors (Lipinski definition) is 2. The standard InChI is InChI=1S/C19H39NO2.H2O/c1-6-7-8-9-10-11-12-13-14-15-19(4,5)20-16-18(2,3)17(21)22;/h20H,6-16H2,1-5H3,(H,21,22);1H2. The number of carboxylic acids is 1. The van der Waals surface area contributed by atoms with Crippen molar-refractivity contribution in [3.05, 3.63) is 0 Å². The topological polar surface area (TPSA) is 80.8 Å². The van der Waals surface area contributed by atoms with E-state index in [1.54, 1.807) is 13.8 Å². The van der Waals surface area contributed by atoms with Crippen LogP contribution in [0.5, 0.6) is 0 Å². The van der Waals surface area contributed by atoms with Gasteiger partial charge in [0.05, 0.1) is 5.41 Å². The van der Waals surface area contributed by atoms with E-state index in [4.69, 9.17) is 5.11 Å². The van der Waals surface area contributed by atoms with E-state index in [-0.39, 0.29) is 11.0 Å². The third-order valence-electron chi connectivity index (χ3n) is 4.49. The Balaban J connectivity index is 0. The van der Waals surface area contributed by atoms with Gasteiger partial charge in [-0.2, -0.15) is 0 Å². The first-order valence-electron chi connectivity index (χ1n) is 9.20. The second kappa shape index (κ2) is 12.8. The Morgan fingerprint density at radius 1 is 0.870 bits per heavy atom. The molecular weight excluding hydrogens is 290 g/mol. The van der Waals surface area contributed by atoms with E-state index in [9.17, 15) is 4.79 Å². The maximum Gasteiger partial charge on any atom is 0.310 e. The summed E-state index contributed by atoms with van der Waals surface area (Å²) in [4.78, 5) is 11.1. The summed E-state index contributed by atoms with van der Waals surface area (Å²) >= 11 is 0. The number of carboxylic acid groups (broad SMARTS) is 1. The predicted octanol–water partition coefficient (Wildman–Crippen LogP) is 4.56. The molecule has 4 nitrogen and oxygen atoms in total. The van der Waals surface area contributed by atoms with E-state index in [1.807, 2.05) is 0 Å². The maximum atomic E-state index is 11.1. The molecule has 0 spiro atoms. The molecule has 0 bridgehead atoms. The van der Waals surface area contributed by atoms with Crippen molar-refractivity contribution >= 4 is 5.97 Å². The van der Waals surface area contributed by atoms with Crippen LogP contribution in [0.15, 0.2) is 0 Å². The first-order valence-corrected chi connectivity index (χ1v) is 9.20. The fourth-order valence-electron chi connectivity index (χ4n) is 2.50. The molecule has 0 aliphatic rings. The first-order chi connectivity index (χ1) is 10.2. The van der Waals surface area contributed by atoms with Crippen molar-refractivity contribution in [1.82, 2.24) is 5.32 Å². The summed E-state index contributed by atoms with van der Waals surface area (Å²) in [5.41, 5.74) is -0.677. The molecule has 0 heterocycles. The van der Waals surface area contributed by atoms with Gasteiger partial charge >= 0.3 is 5.97 Å². The molecule has 0 amide bonds. The minimum Gasteiger partial charge on any atom is -0.481 e. The zero-order valence-corrected chi connectivity index (χ0v) is 16.1. The molecule has 0 aromatic carbocycles. The first kappa shape index (κ1) is 24.6. The highest BCUT2D eigenvalue weighted by Crippen LogP contribution is 2.19. The van der Waals surface area contributed by atoms with Gasteiger partial charge in [0.15, 0.2) is 0 Å². The maximum absolute atomic E-state index is 11.1. The van der Waals surface area contributed by atoms with Crippen LogP contribution in [0.4, 0.5) is 0 Å². The van der Waals surface area contributed by atoms with Crippen LogP contribution in [0.25, 0.3) is 0 Å². The number of hydrogen-bond acceptors (Lipinski definition) is 2. The molecule has 140 valence electrons. The highest BCUT2D eigenvalue weighted by Gasteiger charge is 2.29. The number of aliphatic carboxylic acids is 1. The van der Waals surface area contributed by atoms with Gasteiger partial charge in [0.2, 0.25) is 0 Å². The van der Waals surface area contributed by atoms with Gasteiger partial charge in [-0.3, -0.25) is 4.79 Å². The third-order valence-corrected chi connectivity index (χ3v) is 4.49. The average Bonchev–Trinajstić information content (AvgIpc) is 2.43. The summed E-state index contributed by atoms with van der Waals surface area (Å²) < 4.78 is 0. The van der Waals surface area contributed by atoms with E-state index < -0.39 is 11.4 Å². The van der Waals surface area contributed by atoms with E-state index in [0.29, 0.717) is 6.54 Å². The summed E-state index contributed by atoms with van der Waals surface area (Å²) in [6.07, 6.45) is 13.2. The van der Waals surface area contributed by atoms with Gasteiger partial charge in [0.25, 0.3) is 0 Å². The second-order valence-corrected chi connectivity index (χ2v) is 8.00. The quantitative estimate of drug-likeness (QED) is 0.458. The van der Waals surface area contributed by atoms with Crippen molar-refractivity contribution in [3.63, 3.8) is 0 Å². The van der Waals surface area contributed by atoms with Crippen LogP contribution in [-0.2, 0) is 4.79 Å². The molecule has 4 heteroatoms. The Kier molecular flexibility index (Phi) is 13.7. The van der Waals surface area contributed by atoms with E-state index in [0.717, 1.165) is 6.42 Å². The lowest BCUT2D eigenvalue weighted by Gasteiger charge is -2.30. The lowest BCUT2D eigenvalue weighted by Crippen LogP contribution is -2.46. The van der Waals surface area contributed by atoms with Crippen LogP contribution in [0.1, 0.15) is 98.8 Å². The van der Waals surface area contributed by atoms with Gasteiger partial charge in [0.1, 0.15) is 0 Å². The summed E-state index contributed by atoms with van der Waals surface area (Å²) in [6.45, 7) is 10.7. The second-order valence-electron chi connectivity index (χ2n) is 8.00. The molecule has 0 saturated carbocycles. The number of rotatable bonds is 14. The molecule has 0 aliphatic heterocycles. The van der Waals surface area contributed by atoms with Gasteiger partial charge in [0, 0.05) is 12.1 Å². The number of unbranched alkanes of at least 4 members (excludes halogenated alkanes) is 8. The van der Waals surface area contributed by atoms with Crippen LogP contribution in [-0.4, -0.2) is 28.6 Å². The van der Waals surface area contributed by atoms with E-state index in [1.165, 1.54) is 57.8 Å². The predicted molar refractivity (Wildman–Crippen MR) is 99.0 cm³/mol. The van der Waals surface area contributed by atoms with Gasteiger partial charge in [-0.1, -0.05) is 64.7 Å². The van der Waals surface area contributed by atoms with Gasteiger partial charge in [-0.05, 0) is 34.1 Å². The van der Waals surface area contributed by atoms with E-state index in [2.05, 4.69) is 26.1 Å². The molecule has 0 saturated heterocycles. The molecular formula is C19H41NO3. The SMILES string of the molecule is CCCCCCCCCCCC(C)(C)NCC(C)(C)C(=O)O.O. The fourth-order valence-corrected chi connectivity index (χ4v) is 2.50. The largest absolute Gasteiger partial charge is 0.481 e. The molecule has 0 rings (SSSR count). The van der Waals surface area contributed by atoms with Crippen LogP contribution < -0.4 is 5.32 Å². The lowest BCUT2D eigenvalue weighted by molar-refractivity contribution is -0.146. The van der Waals surface area contributed by atoms with Crippen LogP contribution in [0.2, 0.25) is 0 Å². The molecule has 0 unspecified atom stereocenters. The molecule has 23 heavy (non-hydrogen) atoms. The highest BCUT2D eigenvalue weighted by molar-refractivity contribution is 5.73. The minimum absolute atomic E-state index is 0. The van der Waals surface area contributed by atoms with Crippen LogP contribution in [0.3, 0.4) is 0 Å². The lowest BCUT2D eigenvalue weighted by atomic mass is 9.90. The third kappa shape index (κ3) is 13.5. The Hall–Kier alpha value is -0.610. The molecule has 4 N–H and O–H groups in total. The Bertz CT molecular complexity index is 301. The normalized spacial score (nSPS) is 12.0. The summed E-state index contributed by atoms with van der Waals surface area (Å²) in [5, 5.41) is 12.6. The highest BCUT2D eigenvalue weighted by atomic mass is 16.4. The smallest absolute Gasteiger partial charge is 0.310 e. The molecule has 0 atom stereocenters. The fraction of sp³-hybridized carbons (Fsp3) is 0.947. The zero-order valence-electron chi connectivity index (χ0n) is 16.1. The zero-order chi connectivity index (χ0) is 17.1. The van der Waals surface area contributed by atoms with E-state index >= 15 is 0 Å². The number of nitrogens with one attached hydrogen (secondary N) is 1. The Morgan fingerprint density at radius 2 is 1.30 bits per heavy atom. The monoisotopic (exact) mass is 331 g/mol. The van der Waals surface area contributed by atoms with Gasteiger partial charge in [-0.15, -0.1) is 0 Å². The van der Waals surface area contributed by atoms with Crippen molar-refractivity contribution in [1.29, 1.82) is 0 Å². The summed E-state index contributed by atoms with van der Waals surface area (Å²) in [5.74, 6) is -0.737. The Labute approximate surface area is 143 Å². The van der Waals surface area contributed by atoms with Gasteiger partial charge < -0.3 is 15.9 Å². The summed E-state index contributed by atoms with van der Waals surface area (Å²) in [6, 6.07) is 0. The van der Waals surface area contributed by atoms with Gasteiger partial charge in [-0.25, -0.2) is 0 Å². The molecule has 0 radical (unpaired) electrons. The van der Waals surface area contributed by atoms with Crippen molar-refractivity contribution in [2.45, 2.75) is 104 Å². The van der Waals surface area contributed by atoms with Crippen molar-refractivity contribution in [2.24, 2.45) is 5.41 Å². The van der Waals surface area contributed by atoms with Crippen LogP contribution >= 0.6 is 0 Å². The molecule has 0 fully saturated rings. The van der Waals surface area contributed by atoms with Crippen LogP contribution in [0, 0.1) is 5.41 Å². The average molecular weight is 332 g/mol. The van der Waals surface area contributed by atoms with Crippen molar-refractivity contribution in [3.8, 4) is 0 Å². The number of carbonyl (C=O) groups is 1. The molecule has 0 aromatic rings. The minimum atomic E-state index is -0.737. The van der Waals surface area contributed by atoms with Crippen molar-refractivity contribution < 1.29 is 15.4 Å².